The lowest BCUT2D eigenvalue weighted by Gasteiger charge is -2.11. The van der Waals surface area contributed by atoms with Crippen LogP contribution in [0, 0.1) is 5.82 Å². The molecule has 0 aliphatic rings. The van der Waals surface area contributed by atoms with E-state index in [0.29, 0.717) is 40.7 Å². The summed E-state index contributed by atoms with van der Waals surface area (Å²) in [5, 5.41) is 8.18. The summed E-state index contributed by atoms with van der Waals surface area (Å²) >= 11 is 0. The van der Waals surface area contributed by atoms with Crippen LogP contribution in [0.4, 0.5) is 15.9 Å². The van der Waals surface area contributed by atoms with Gasteiger partial charge in [-0.05, 0) is 42.8 Å². The van der Waals surface area contributed by atoms with E-state index < -0.39 is 15.8 Å². The zero-order valence-corrected chi connectivity index (χ0v) is 15.9. The molecule has 0 aliphatic carbocycles. The van der Waals surface area contributed by atoms with Gasteiger partial charge in [0, 0.05) is 17.3 Å². The number of anilines is 2. The van der Waals surface area contributed by atoms with Gasteiger partial charge in [-0.3, -0.25) is 0 Å². The number of primary sulfonamides is 1. The van der Waals surface area contributed by atoms with Gasteiger partial charge in [0.1, 0.15) is 23.7 Å². The first kappa shape index (κ1) is 19.7. The minimum atomic E-state index is -3.63. The Hall–Kier alpha value is -3.04. The summed E-state index contributed by atoms with van der Waals surface area (Å²) < 4.78 is 41.8. The number of benzene rings is 2. The van der Waals surface area contributed by atoms with Crippen molar-refractivity contribution < 1.29 is 17.5 Å². The maximum Gasteiger partial charge on any atom is 0.213 e. The number of rotatable bonds is 7. The number of nitrogens with one attached hydrogen (secondary N) is 1. The fourth-order valence-electron chi connectivity index (χ4n) is 2.68. The fourth-order valence-corrected chi connectivity index (χ4v) is 3.32. The average Bonchev–Trinajstić information content (AvgIpc) is 2.62. The molecule has 3 aromatic rings. The highest BCUT2D eigenvalue weighted by atomic mass is 32.2. The van der Waals surface area contributed by atoms with Gasteiger partial charge in [-0.1, -0.05) is 12.1 Å². The summed E-state index contributed by atoms with van der Waals surface area (Å²) in [4.78, 5) is 8.37. The molecule has 0 saturated carbocycles. The first-order valence-electron chi connectivity index (χ1n) is 8.45. The Labute approximate surface area is 162 Å². The first-order chi connectivity index (χ1) is 13.3. The number of hydrogen-bond donors (Lipinski definition) is 2. The number of ether oxygens (including phenoxy) is 1. The van der Waals surface area contributed by atoms with E-state index >= 15 is 0 Å². The molecule has 0 fully saturated rings. The highest BCUT2D eigenvalue weighted by molar-refractivity contribution is 7.88. The van der Waals surface area contributed by atoms with Crippen molar-refractivity contribution in [1.29, 1.82) is 0 Å². The molecule has 0 radical (unpaired) electrons. The van der Waals surface area contributed by atoms with Crippen LogP contribution in [0.2, 0.25) is 0 Å². The van der Waals surface area contributed by atoms with Gasteiger partial charge in [-0.15, -0.1) is 0 Å². The number of sulfonamides is 1. The van der Waals surface area contributed by atoms with Crippen molar-refractivity contribution in [3.05, 3.63) is 66.2 Å². The zero-order valence-electron chi connectivity index (χ0n) is 15.1. The smallest absolute Gasteiger partial charge is 0.213 e. The van der Waals surface area contributed by atoms with Crippen LogP contribution in [-0.2, 0) is 15.8 Å². The van der Waals surface area contributed by atoms with Crippen LogP contribution in [0.25, 0.3) is 11.3 Å². The molecule has 1 heterocycles. The molecule has 0 aliphatic heterocycles. The van der Waals surface area contributed by atoms with Crippen LogP contribution < -0.4 is 15.2 Å². The second-order valence-corrected chi connectivity index (χ2v) is 7.61. The molecule has 146 valence electrons. The molecule has 0 unspecified atom stereocenters. The predicted octanol–water partition coefficient (Wildman–Crippen LogP) is 3.21. The lowest BCUT2D eigenvalue weighted by molar-refractivity contribution is 0.341. The van der Waals surface area contributed by atoms with E-state index in [2.05, 4.69) is 15.3 Å². The Balaban J connectivity index is 1.89. The van der Waals surface area contributed by atoms with E-state index in [1.165, 1.54) is 18.5 Å². The van der Waals surface area contributed by atoms with Crippen molar-refractivity contribution in [2.24, 2.45) is 5.14 Å². The molecule has 1 aromatic heterocycles. The molecule has 28 heavy (non-hydrogen) atoms. The lowest BCUT2D eigenvalue weighted by Crippen LogP contribution is -2.14. The van der Waals surface area contributed by atoms with Crippen LogP contribution in [0.1, 0.15) is 12.5 Å². The Kier molecular flexibility index (Phi) is 5.86. The monoisotopic (exact) mass is 402 g/mol. The first-order valence-corrected chi connectivity index (χ1v) is 10.2. The maximum absolute atomic E-state index is 13.7. The highest BCUT2D eigenvalue weighted by Gasteiger charge is 2.11. The number of halogens is 1. The minimum absolute atomic E-state index is 0.265. The Bertz CT molecular complexity index is 1090. The van der Waals surface area contributed by atoms with Gasteiger partial charge in [0.2, 0.25) is 10.0 Å². The zero-order chi connectivity index (χ0) is 20.1. The Morgan fingerprint density at radius 2 is 1.96 bits per heavy atom. The van der Waals surface area contributed by atoms with E-state index in [-0.39, 0.29) is 5.75 Å². The van der Waals surface area contributed by atoms with Gasteiger partial charge in [0.25, 0.3) is 0 Å². The Morgan fingerprint density at radius 3 is 2.71 bits per heavy atom. The SMILES string of the molecule is CCOc1ccc(F)cc1-c1cc(Nc2cccc(CS(N)(=O)=O)c2)ncn1. The van der Waals surface area contributed by atoms with Gasteiger partial charge in [-0.2, -0.15) is 0 Å². The summed E-state index contributed by atoms with van der Waals surface area (Å²) in [6, 6.07) is 12.7. The molecule has 2 aromatic carbocycles. The molecule has 0 spiro atoms. The number of nitrogens with zero attached hydrogens (tertiary/aromatic N) is 2. The van der Waals surface area contributed by atoms with Gasteiger partial charge < -0.3 is 10.1 Å². The van der Waals surface area contributed by atoms with Crippen LogP contribution in [0.3, 0.4) is 0 Å². The normalized spacial score (nSPS) is 11.2. The molecular formula is C19H19FN4O3S. The van der Waals surface area contributed by atoms with Gasteiger partial charge in [0.05, 0.1) is 18.1 Å². The highest BCUT2D eigenvalue weighted by Crippen LogP contribution is 2.30. The standard InChI is InChI=1S/C19H19FN4O3S/c1-2-27-18-7-6-14(20)9-16(18)17-10-19(23-12-22-17)24-15-5-3-4-13(8-15)11-28(21,25)26/h3-10,12H,2,11H2,1H3,(H2,21,25,26)(H,22,23,24). The molecule has 0 amide bonds. The topological polar surface area (TPSA) is 107 Å². The lowest BCUT2D eigenvalue weighted by atomic mass is 10.1. The van der Waals surface area contributed by atoms with Crippen molar-refractivity contribution in [2.45, 2.75) is 12.7 Å². The van der Waals surface area contributed by atoms with Gasteiger partial charge in [-0.25, -0.2) is 27.9 Å². The molecular weight excluding hydrogens is 383 g/mol. The molecule has 3 N–H and O–H groups in total. The van der Waals surface area contributed by atoms with E-state index in [1.54, 1.807) is 36.4 Å². The number of nitrogens with two attached hydrogens (primary N) is 1. The van der Waals surface area contributed by atoms with Crippen molar-refractivity contribution in [3.63, 3.8) is 0 Å². The molecule has 3 rings (SSSR count). The second-order valence-electron chi connectivity index (χ2n) is 5.99. The van der Waals surface area contributed by atoms with E-state index in [1.807, 2.05) is 6.92 Å². The van der Waals surface area contributed by atoms with Gasteiger partial charge >= 0.3 is 0 Å². The summed E-state index contributed by atoms with van der Waals surface area (Å²) in [6.07, 6.45) is 1.35. The van der Waals surface area contributed by atoms with Crippen LogP contribution in [0.5, 0.6) is 5.75 Å². The number of aromatic nitrogens is 2. The predicted molar refractivity (Wildman–Crippen MR) is 105 cm³/mol. The third kappa shape index (κ3) is 5.24. The molecule has 0 atom stereocenters. The largest absolute Gasteiger partial charge is 0.493 e. The molecule has 9 heteroatoms. The van der Waals surface area contributed by atoms with Gasteiger partial charge in [0.15, 0.2) is 0 Å². The van der Waals surface area contributed by atoms with E-state index in [0.717, 1.165) is 0 Å². The van der Waals surface area contributed by atoms with Crippen LogP contribution in [0.15, 0.2) is 54.9 Å². The summed E-state index contributed by atoms with van der Waals surface area (Å²) in [7, 11) is -3.63. The molecule has 7 nitrogen and oxygen atoms in total. The van der Waals surface area contributed by atoms with Crippen molar-refractivity contribution in [1.82, 2.24) is 9.97 Å². The molecule has 0 bridgehead atoms. The van der Waals surface area contributed by atoms with Crippen molar-refractivity contribution in [3.8, 4) is 17.0 Å². The quantitative estimate of drug-likeness (QED) is 0.628. The van der Waals surface area contributed by atoms with E-state index in [4.69, 9.17) is 9.88 Å². The minimum Gasteiger partial charge on any atom is -0.493 e. The number of hydrogen-bond acceptors (Lipinski definition) is 6. The average molecular weight is 402 g/mol. The Morgan fingerprint density at radius 1 is 1.14 bits per heavy atom. The van der Waals surface area contributed by atoms with Crippen molar-refractivity contribution in [2.75, 3.05) is 11.9 Å². The third-order valence-corrected chi connectivity index (χ3v) is 4.49. The van der Waals surface area contributed by atoms with Crippen molar-refractivity contribution >= 4 is 21.5 Å². The summed E-state index contributed by atoms with van der Waals surface area (Å²) in [5.41, 5.74) is 2.18. The van der Waals surface area contributed by atoms with Crippen LogP contribution >= 0.6 is 0 Å². The third-order valence-electron chi connectivity index (χ3n) is 3.75. The second kappa shape index (κ2) is 8.32. The molecule has 0 saturated heterocycles. The van der Waals surface area contributed by atoms with Crippen LogP contribution in [-0.4, -0.2) is 25.0 Å². The van der Waals surface area contributed by atoms with E-state index in [9.17, 15) is 12.8 Å². The summed E-state index contributed by atoms with van der Waals surface area (Å²) in [6.45, 7) is 2.28. The maximum atomic E-state index is 13.7. The summed E-state index contributed by atoms with van der Waals surface area (Å²) in [5.74, 6) is 0.314. The fraction of sp³-hybridized carbons (Fsp3) is 0.158.